The third-order valence-corrected chi connectivity index (χ3v) is 6.64. The molecule has 32 heavy (non-hydrogen) atoms. The van der Waals surface area contributed by atoms with Crippen LogP contribution in [0, 0.1) is 6.92 Å². The molecule has 156 valence electrons. The van der Waals surface area contributed by atoms with Crippen LogP contribution in [-0.2, 0) is 0 Å². The van der Waals surface area contributed by atoms with Gasteiger partial charge in [-0.1, -0.05) is 41.7 Å². The molecule has 0 atom stereocenters. The van der Waals surface area contributed by atoms with Crippen molar-refractivity contribution in [3.05, 3.63) is 64.2 Å². The first kappa shape index (κ1) is 18.6. The van der Waals surface area contributed by atoms with Crippen molar-refractivity contribution in [3.63, 3.8) is 0 Å². The van der Waals surface area contributed by atoms with E-state index in [0.717, 1.165) is 21.0 Å². The maximum absolute atomic E-state index is 12.5. The van der Waals surface area contributed by atoms with E-state index in [1.165, 1.54) is 18.3 Å². The van der Waals surface area contributed by atoms with Gasteiger partial charge in [-0.15, -0.1) is 0 Å². The van der Waals surface area contributed by atoms with Gasteiger partial charge in [0.25, 0.3) is 5.56 Å². The molecule has 6 rings (SSSR count). The van der Waals surface area contributed by atoms with E-state index in [-0.39, 0.29) is 11.3 Å². The number of nitrogens with zero attached hydrogens (tertiary/aromatic N) is 4. The lowest BCUT2D eigenvalue weighted by molar-refractivity contribution is 0.101. The highest BCUT2D eigenvalue weighted by Crippen LogP contribution is 2.35. The topological polar surface area (TPSA) is 114 Å². The normalized spacial score (nSPS) is 11.8. The Bertz CT molecular complexity index is 1810. The second kappa shape index (κ2) is 6.44. The standard InChI is InChI=1S/C23H15N5O3S/c1-10-16-19(26-22(31)17(11(2)29)20(16)30)14-9-24-28(21(14)25-10)23-27-18-13-6-4-3-5-12(13)7-8-15(18)32-23/h3-9H,1-2H3,(H2,26,30,31). The van der Waals surface area contributed by atoms with Gasteiger partial charge in [0.2, 0.25) is 5.13 Å². The largest absolute Gasteiger partial charge is 0.506 e. The van der Waals surface area contributed by atoms with Gasteiger partial charge in [0.15, 0.2) is 11.4 Å². The number of nitrogens with one attached hydrogen (secondary N) is 1. The van der Waals surface area contributed by atoms with Crippen LogP contribution in [0.1, 0.15) is 23.0 Å². The predicted octanol–water partition coefficient (Wildman–Crippen LogP) is 4.24. The molecule has 0 aliphatic rings. The van der Waals surface area contributed by atoms with Gasteiger partial charge < -0.3 is 10.1 Å². The van der Waals surface area contributed by atoms with Crippen molar-refractivity contribution in [1.82, 2.24) is 24.7 Å². The molecule has 0 saturated carbocycles. The molecule has 0 spiro atoms. The molecule has 0 fully saturated rings. The number of aryl methyl sites for hydroxylation is 1. The third kappa shape index (κ3) is 2.45. The number of aromatic amines is 1. The van der Waals surface area contributed by atoms with Crippen LogP contribution in [0.4, 0.5) is 0 Å². The second-order valence-electron chi connectivity index (χ2n) is 7.60. The number of fused-ring (bicyclic) bond motifs is 6. The van der Waals surface area contributed by atoms with Crippen LogP contribution in [0.15, 0.2) is 47.4 Å². The summed E-state index contributed by atoms with van der Waals surface area (Å²) in [5.41, 5.74) is 1.33. The average Bonchev–Trinajstić information content (AvgIpc) is 3.37. The first-order chi connectivity index (χ1) is 15.4. The second-order valence-corrected chi connectivity index (χ2v) is 8.61. The number of benzene rings is 2. The molecule has 2 N–H and O–H groups in total. The van der Waals surface area contributed by atoms with E-state index < -0.39 is 11.3 Å². The number of H-pyrrole nitrogens is 1. The van der Waals surface area contributed by atoms with Crippen molar-refractivity contribution >= 4 is 60.0 Å². The Morgan fingerprint density at radius 3 is 2.75 bits per heavy atom. The molecule has 8 nitrogen and oxygen atoms in total. The minimum Gasteiger partial charge on any atom is -0.506 e. The number of thiazole rings is 1. The van der Waals surface area contributed by atoms with Crippen molar-refractivity contribution < 1.29 is 9.90 Å². The number of carbonyl (C=O) groups excluding carboxylic acids is 1. The number of carbonyl (C=O) groups is 1. The van der Waals surface area contributed by atoms with E-state index in [4.69, 9.17) is 4.98 Å². The highest BCUT2D eigenvalue weighted by molar-refractivity contribution is 7.21. The maximum Gasteiger partial charge on any atom is 0.263 e. The highest BCUT2D eigenvalue weighted by Gasteiger charge is 2.22. The van der Waals surface area contributed by atoms with E-state index in [1.807, 2.05) is 30.3 Å². The summed E-state index contributed by atoms with van der Waals surface area (Å²) < 4.78 is 2.66. The van der Waals surface area contributed by atoms with Crippen molar-refractivity contribution in [2.24, 2.45) is 0 Å². The monoisotopic (exact) mass is 441 g/mol. The van der Waals surface area contributed by atoms with Crippen LogP contribution in [0.5, 0.6) is 5.75 Å². The molecule has 4 heterocycles. The number of Topliss-reactive ketones (excluding diaryl/α,β-unsaturated/α-hetero) is 1. The van der Waals surface area contributed by atoms with Crippen LogP contribution in [0.3, 0.4) is 0 Å². The van der Waals surface area contributed by atoms with Gasteiger partial charge in [-0.05, 0) is 25.3 Å². The predicted molar refractivity (Wildman–Crippen MR) is 124 cm³/mol. The average molecular weight is 441 g/mol. The van der Waals surface area contributed by atoms with Crippen molar-refractivity contribution in [3.8, 4) is 10.9 Å². The zero-order valence-corrected chi connectivity index (χ0v) is 17.8. The zero-order valence-electron chi connectivity index (χ0n) is 17.0. The minimum absolute atomic E-state index is 0.271. The van der Waals surface area contributed by atoms with Gasteiger partial charge in [-0.25, -0.2) is 9.97 Å². The van der Waals surface area contributed by atoms with Crippen molar-refractivity contribution in [2.45, 2.75) is 13.8 Å². The molecule has 6 aromatic rings. The number of aromatic nitrogens is 5. The van der Waals surface area contributed by atoms with Crippen LogP contribution >= 0.6 is 11.3 Å². The van der Waals surface area contributed by atoms with Crippen LogP contribution in [0.2, 0.25) is 0 Å². The van der Waals surface area contributed by atoms with Gasteiger partial charge in [0, 0.05) is 5.39 Å². The molecule has 4 aromatic heterocycles. The van der Waals surface area contributed by atoms with E-state index >= 15 is 0 Å². The first-order valence-corrected chi connectivity index (χ1v) is 10.7. The molecule has 9 heteroatoms. The lowest BCUT2D eigenvalue weighted by atomic mass is 10.1. The lowest BCUT2D eigenvalue weighted by Crippen LogP contribution is -2.16. The zero-order chi connectivity index (χ0) is 22.1. The van der Waals surface area contributed by atoms with Crippen molar-refractivity contribution in [2.75, 3.05) is 0 Å². The summed E-state index contributed by atoms with van der Waals surface area (Å²) >= 11 is 1.49. The van der Waals surface area contributed by atoms with Crippen molar-refractivity contribution in [1.29, 1.82) is 0 Å². The summed E-state index contributed by atoms with van der Waals surface area (Å²) in [6.07, 6.45) is 1.58. The van der Waals surface area contributed by atoms with Crippen LogP contribution in [-0.4, -0.2) is 35.6 Å². The fourth-order valence-corrected chi connectivity index (χ4v) is 5.13. The van der Waals surface area contributed by atoms with Gasteiger partial charge in [-0.2, -0.15) is 9.78 Å². The smallest absolute Gasteiger partial charge is 0.263 e. The van der Waals surface area contributed by atoms with E-state index in [2.05, 4.69) is 21.1 Å². The molecule has 0 aliphatic carbocycles. The van der Waals surface area contributed by atoms with E-state index in [9.17, 15) is 14.7 Å². The SMILES string of the molecule is CC(=O)c1c(O)c2c(C)nc3c(cnn3-c3nc4c(ccc5ccccc54)s3)c2[nH]c1=O. The van der Waals surface area contributed by atoms with Gasteiger partial charge in [-0.3, -0.25) is 9.59 Å². The number of hydrogen-bond donors (Lipinski definition) is 2. The fourth-order valence-electron chi connectivity index (χ4n) is 4.19. The molecule has 0 saturated heterocycles. The molecular weight excluding hydrogens is 426 g/mol. The molecule has 0 unspecified atom stereocenters. The molecule has 0 amide bonds. The Morgan fingerprint density at radius 2 is 1.94 bits per heavy atom. The fraction of sp³-hybridized carbons (Fsp3) is 0.0870. The number of aromatic hydroxyl groups is 1. The Kier molecular flexibility index (Phi) is 3.75. The van der Waals surface area contributed by atoms with E-state index in [0.29, 0.717) is 32.8 Å². The molecule has 0 aliphatic heterocycles. The summed E-state index contributed by atoms with van der Waals surface area (Å²) in [4.78, 5) is 36.5. The summed E-state index contributed by atoms with van der Waals surface area (Å²) in [6, 6.07) is 12.2. The first-order valence-electron chi connectivity index (χ1n) is 9.87. The molecule has 0 radical (unpaired) electrons. The Balaban J connectivity index is 1.66. The Hall–Kier alpha value is -4.11. The molecule has 0 bridgehead atoms. The number of hydrogen-bond acceptors (Lipinski definition) is 7. The minimum atomic E-state index is -0.645. The quantitative estimate of drug-likeness (QED) is 0.389. The van der Waals surface area contributed by atoms with E-state index in [1.54, 1.807) is 17.8 Å². The van der Waals surface area contributed by atoms with Gasteiger partial charge in [0.05, 0.1) is 38.4 Å². The molecular formula is C23H15N5O3S. The summed E-state index contributed by atoms with van der Waals surface area (Å²) in [7, 11) is 0. The molecule has 2 aromatic carbocycles. The third-order valence-electron chi connectivity index (χ3n) is 5.64. The Labute approximate surface area is 183 Å². The summed E-state index contributed by atoms with van der Waals surface area (Å²) in [5.74, 6) is -0.870. The highest BCUT2D eigenvalue weighted by atomic mass is 32.1. The number of rotatable bonds is 2. The summed E-state index contributed by atoms with van der Waals surface area (Å²) in [6.45, 7) is 2.96. The Morgan fingerprint density at radius 1 is 1.12 bits per heavy atom. The van der Waals surface area contributed by atoms with Gasteiger partial charge >= 0.3 is 0 Å². The maximum atomic E-state index is 12.5. The number of pyridine rings is 2. The van der Waals surface area contributed by atoms with Gasteiger partial charge in [0.1, 0.15) is 11.3 Å². The van der Waals surface area contributed by atoms with Crippen LogP contribution < -0.4 is 5.56 Å². The number of ketones is 1. The lowest BCUT2D eigenvalue weighted by Gasteiger charge is -2.08. The summed E-state index contributed by atoms with van der Waals surface area (Å²) in [5, 5.41) is 18.8. The van der Waals surface area contributed by atoms with Crippen LogP contribution in [0.25, 0.3) is 48.1 Å².